The summed E-state index contributed by atoms with van der Waals surface area (Å²) in [7, 11) is 0. The molecule has 4 heteroatoms. The molecule has 0 amide bonds. The lowest BCUT2D eigenvalue weighted by Gasteiger charge is -2.36. The van der Waals surface area contributed by atoms with Crippen molar-refractivity contribution >= 4 is 78.0 Å². The number of furan rings is 2. The Bertz CT molecular complexity index is 3970. The summed E-state index contributed by atoms with van der Waals surface area (Å²) in [5.41, 5.74) is 17.9. The van der Waals surface area contributed by atoms with E-state index >= 15 is 0 Å². The highest BCUT2D eigenvalue weighted by molar-refractivity contribution is 6.26. The van der Waals surface area contributed by atoms with Crippen LogP contribution in [0.15, 0.2) is 239 Å². The minimum Gasteiger partial charge on any atom is -0.455 e. The number of para-hydroxylation sites is 4. The lowest BCUT2D eigenvalue weighted by atomic mass is 9.67. The zero-order chi connectivity index (χ0) is 49.6. The molecule has 2 heterocycles. The van der Waals surface area contributed by atoms with Crippen LogP contribution >= 0.6 is 0 Å². The molecule has 10 aromatic carbocycles. The number of hydrogen-bond acceptors (Lipinski definition) is 4. The molecular formula is C69H56N2O2. The second-order valence-electron chi connectivity index (χ2n) is 21.7. The monoisotopic (exact) mass is 944 g/mol. The Morgan fingerprint density at radius 1 is 0.342 bits per heavy atom. The second-order valence-corrected chi connectivity index (χ2v) is 21.7. The largest absolute Gasteiger partial charge is 0.455 e. The van der Waals surface area contributed by atoms with E-state index in [1.807, 2.05) is 0 Å². The van der Waals surface area contributed by atoms with E-state index in [1.54, 1.807) is 0 Å². The number of anilines is 6. The van der Waals surface area contributed by atoms with E-state index < -0.39 is 5.41 Å². The van der Waals surface area contributed by atoms with Gasteiger partial charge in [0, 0.05) is 50.0 Å². The Hall–Kier alpha value is -8.60. The molecule has 12 aromatic rings. The lowest BCUT2D eigenvalue weighted by molar-refractivity contribution is 0.590. The van der Waals surface area contributed by atoms with Crippen LogP contribution in [0.3, 0.4) is 0 Å². The fraction of sp³-hybridized carbons (Fsp3) is 0.130. The Balaban J connectivity index is 1.23. The van der Waals surface area contributed by atoms with Gasteiger partial charge in [0.1, 0.15) is 16.7 Å². The third kappa shape index (κ3) is 6.95. The molecule has 0 radical (unpaired) electrons. The molecule has 0 spiro atoms. The molecule has 0 saturated carbocycles. The highest BCUT2D eigenvalue weighted by Crippen LogP contribution is 2.64. The smallest absolute Gasteiger partial charge is 0.160 e. The number of nitrogens with zero attached hydrogens (tertiary/aromatic N) is 2. The lowest BCUT2D eigenvalue weighted by Crippen LogP contribution is -2.29. The predicted octanol–water partition coefficient (Wildman–Crippen LogP) is 19.4. The number of hydrogen-bond donors (Lipinski definition) is 0. The fourth-order valence-electron chi connectivity index (χ4n) is 11.7. The SMILES string of the molecule is CC(C)(C)c1ccc(N(c2ccccc2)c2cc3c(c4c2oc2ccccc24)-c2c(cc(N(c4ccccc4)c4ccc(C(C)(C)C)cc4)c4c2oc2ccccc24)C3(c2ccccc2)c2ccccc2)cc1. The van der Waals surface area contributed by atoms with E-state index in [0.717, 1.165) is 111 Å². The standard InChI is InChI=1S/C69H56N2O2/c1-67(2,3)45-35-39-51(40-36-45)70(49-27-15-9-16-28-49)57-43-56-64(66-61(57)53-31-19-21-33-59(53)73-66)63-55(69(56,47-23-11-7-12-24-47)48-25-13-8-14-26-48)44-58(65-62(63)54-32-20-22-34-60(54)72-65)71(50-29-17-10-18-30-50)52-41-37-46(38-42-52)68(4,5)6/h7-44H,1-6H3. The molecule has 0 atom stereocenters. The van der Waals surface area contributed by atoms with Crippen molar-refractivity contribution in [1.29, 1.82) is 0 Å². The first-order chi connectivity index (χ1) is 35.5. The molecule has 0 N–H and O–H groups in total. The quantitative estimate of drug-likeness (QED) is 0.152. The van der Waals surface area contributed by atoms with E-state index in [-0.39, 0.29) is 10.8 Å². The molecule has 4 nitrogen and oxygen atoms in total. The molecule has 13 rings (SSSR count). The van der Waals surface area contributed by atoms with Crippen molar-refractivity contribution in [3.63, 3.8) is 0 Å². The normalized spacial score (nSPS) is 13.2. The van der Waals surface area contributed by atoms with Crippen LogP contribution < -0.4 is 9.80 Å². The van der Waals surface area contributed by atoms with Crippen LogP contribution in [0.25, 0.3) is 55.0 Å². The van der Waals surface area contributed by atoms with Gasteiger partial charge < -0.3 is 18.6 Å². The summed E-state index contributed by atoms with van der Waals surface area (Å²) in [5, 5.41) is 4.21. The highest BCUT2D eigenvalue weighted by Gasteiger charge is 2.50. The first-order valence-electron chi connectivity index (χ1n) is 25.5. The number of fused-ring (bicyclic) bond motifs is 11. The fourth-order valence-corrected chi connectivity index (χ4v) is 11.7. The minimum atomic E-state index is -0.854. The molecule has 0 unspecified atom stereocenters. The molecule has 0 saturated heterocycles. The number of benzene rings is 10. The van der Waals surface area contributed by atoms with Crippen molar-refractivity contribution in [2.75, 3.05) is 9.80 Å². The molecule has 0 fully saturated rings. The van der Waals surface area contributed by atoms with Crippen molar-refractivity contribution in [3.8, 4) is 11.1 Å². The van der Waals surface area contributed by atoms with E-state index in [1.165, 1.54) is 11.1 Å². The molecule has 354 valence electrons. The van der Waals surface area contributed by atoms with E-state index in [0.29, 0.717) is 0 Å². The third-order valence-corrected chi connectivity index (χ3v) is 15.2. The van der Waals surface area contributed by atoms with Crippen LogP contribution in [-0.4, -0.2) is 0 Å². The van der Waals surface area contributed by atoms with Gasteiger partial charge in [-0.05, 0) is 117 Å². The molecular weight excluding hydrogens is 889 g/mol. The zero-order valence-corrected chi connectivity index (χ0v) is 42.2. The van der Waals surface area contributed by atoms with Crippen molar-refractivity contribution in [2.24, 2.45) is 0 Å². The van der Waals surface area contributed by atoms with Crippen LogP contribution in [-0.2, 0) is 16.2 Å². The Kier molecular flexibility index (Phi) is 10.2. The van der Waals surface area contributed by atoms with Gasteiger partial charge in [-0.3, -0.25) is 0 Å². The van der Waals surface area contributed by atoms with Gasteiger partial charge in [-0.25, -0.2) is 0 Å². The predicted molar refractivity (Wildman–Crippen MR) is 305 cm³/mol. The molecule has 0 bridgehead atoms. The average molecular weight is 945 g/mol. The molecule has 1 aliphatic carbocycles. The maximum Gasteiger partial charge on any atom is 0.160 e. The third-order valence-electron chi connectivity index (χ3n) is 15.2. The van der Waals surface area contributed by atoms with Gasteiger partial charge in [0.25, 0.3) is 0 Å². The summed E-state index contributed by atoms with van der Waals surface area (Å²) in [5.74, 6) is 0. The van der Waals surface area contributed by atoms with Gasteiger partial charge >= 0.3 is 0 Å². The van der Waals surface area contributed by atoms with Crippen molar-refractivity contribution in [3.05, 3.63) is 264 Å². The maximum atomic E-state index is 7.47. The Labute approximate surface area is 427 Å². The Morgan fingerprint density at radius 2 is 0.712 bits per heavy atom. The topological polar surface area (TPSA) is 32.8 Å². The summed E-state index contributed by atoms with van der Waals surface area (Å²) in [6.07, 6.45) is 0. The summed E-state index contributed by atoms with van der Waals surface area (Å²) >= 11 is 0. The van der Waals surface area contributed by atoms with Crippen molar-refractivity contribution in [1.82, 2.24) is 0 Å². The molecule has 0 aliphatic heterocycles. The van der Waals surface area contributed by atoms with Crippen LogP contribution in [0.2, 0.25) is 0 Å². The van der Waals surface area contributed by atoms with Gasteiger partial charge in [-0.15, -0.1) is 0 Å². The average Bonchev–Trinajstić information content (AvgIpc) is 4.10. The van der Waals surface area contributed by atoms with Gasteiger partial charge in [0.15, 0.2) is 5.58 Å². The van der Waals surface area contributed by atoms with E-state index in [2.05, 4.69) is 282 Å². The Morgan fingerprint density at radius 3 is 1.19 bits per heavy atom. The van der Waals surface area contributed by atoms with Crippen LogP contribution in [0.5, 0.6) is 0 Å². The maximum absolute atomic E-state index is 7.47. The van der Waals surface area contributed by atoms with Crippen LogP contribution in [0, 0.1) is 0 Å². The summed E-state index contributed by atoms with van der Waals surface area (Å²) in [6.45, 7) is 13.6. The van der Waals surface area contributed by atoms with Gasteiger partial charge in [0.05, 0.1) is 22.2 Å². The van der Waals surface area contributed by atoms with Crippen molar-refractivity contribution in [2.45, 2.75) is 57.8 Å². The van der Waals surface area contributed by atoms with Gasteiger partial charge in [-0.1, -0.05) is 199 Å². The van der Waals surface area contributed by atoms with Crippen molar-refractivity contribution < 1.29 is 8.83 Å². The first kappa shape index (κ1) is 44.3. The van der Waals surface area contributed by atoms with E-state index in [9.17, 15) is 0 Å². The summed E-state index contributed by atoms with van der Waals surface area (Å²) < 4.78 is 14.8. The molecule has 2 aromatic heterocycles. The minimum absolute atomic E-state index is 0.0120. The second kappa shape index (κ2) is 16.8. The van der Waals surface area contributed by atoms with Crippen LogP contribution in [0.1, 0.15) is 74.9 Å². The summed E-state index contributed by atoms with van der Waals surface area (Å²) in [6, 6.07) is 84.0. The van der Waals surface area contributed by atoms with E-state index in [4.69, 9.17) is 8.83 Å². The summed E-state index contributed by atoms with van der Waals surface area (Å²) in [4.78, 5) is 4.83. The highest BCUT2D eigenvalue weighted by atomic mass is 16.3. The zero-order valence-electron chi connectivity index (χ0n) is 42.2. The van der Waals surface area contributed by atoms with Gasteiger partial charge in [0.2, 0.25) is 0 Å². The first-order valence-corrected chi connectivity index (χ1v) is 25.5. The van der Waals surface area contributed by atoms with Crippen LogP contribution in [0.4, 0.5) is 34.1 Å². The molecule has 1 aliphatic rings. The number of rotatable bonds is 8. The van der Waals surface area contributed by atoms with Gasteiger partial charge in [-0.2, -0.15) is 0 Å². The molecule has 73 heavy (non-hydrogen) atoms.